The molecular formula is C19H35ClN2O5S. The molecule has 2 saturated heterocycles. The normalized spacial score (nSPS) is 38.9. The highest BCUT2D eigenvalue weighted by Gasteiger charge is 2.45. The summed E-state index contributed by atoms with van der Waals surface area (Å²) in [6, 6.07) is -0.601. The first-order chi connectivity index (χ1) is 13.2. The van der Waals surface area contributed by atoms with E-state index in [-0.39, 0.29) is 23.7 Å². The Morgan fingerprint density at radius 3 is 2.57 bits per heavy atom. The fourth-order valence-electron chi connectivity index (χ4n) is 4.23. The molecule has 2 rings (SSSR count). The number of carbonyl (C=O) groups excluding carboxylic acids is 1. The van der Waals surface area contributed by atoms with Crippen LogP contribution in [0.4, 0.5) is 0 Å². The van der Waals surface area contributed by atoms with E-state index in [0.29, 0.717) is 5.92 Å². The third-order valence-corrected chi connectivity index (χ3v) is 7.06. The largest absolute Gasteiger partial charge is 0.388 e. The summed E-state index contributed by atoms with van der Waals surface area (Å²) >= 11 is 7.60. The third-order valence-electron chi connectivity index (χ3n) is 5.90. The molecule has 4 N–H and O–H groups in total. The molecule has 0 bridgehead atoms. The van der Waals surface area contributed by atoms with Gasteiger partial charge in [-0.1, -0.05) is 13.3 Å². The number of hydrogen-bond donors (Lipinski definition) is 4. The molecule has 1 amide bonds. The number of alkyl halides is 1. The van der Waals surface area contributed by atoms with Crippen molar-refractivity contribution < 1.29 is 24.9 Å². The van der Waals surface area contributed by atoms with Gasteiger partial charge >= 0.3 is 0 Å². The second kappa shape index (κ2) is 10.8. The van der Waals surface area contributed by atoms with Gasteiger partial charge in [0.1, 0.15) is 23.7 Å². The van der Waals surface area contributed by atoms with E-state index < -0.39 is 35.9 Å². The van der Waals surface area contributed by atoms with Crippen molar-refractivity contribution in [2.75, 3.05) is 19.8 Å². The van der Waals surface area contributed by atoms with Crippen LogP contribution in [-0.4, -0.2) is 93.3 Å². The number of halogens is 1. The summed E-state index contributed by atoms with van der Waals surface area (Å²) in [7, 11) is 1.97. The number of hydrogen-bond acceptors (Lipinski definition) is 7. The quantitative estimate of drug-likeness (QED) is 0.415. The molecule has 0 unspecified atom stereocenters. The van der Waals surface area contributed by atoms with E-state index >= 15 is 0 Å². The molecule has 0 radical (unpaired) electrons. The molecule has 2 aliphatic heterocycles. The molecule has 7 nitrogen and oxygen atoms in total. The number of aliphatic hydroxyl groups is 3. The Bertz CT molecular complexity index is 513. The second-order valence-corrected chi connectivity index (χ2v) is 9.75. The fourth-order valence-corrected chi connectivity index (χ4v) is 5.09. The second-order valence-electron chi connectivity index (χ2n) is 8.12. The molecule has 9 heteroatoms. The maximum absolute atomic E-state index is 12.9. The van der Waals surface area contributed by atoms with E-state index in [4.69, 9.17) is 16.3 Å². The lowest BCUT2D eigenvalue weighted by Crippen LogP contribution is -2.58. The number of nitrogens with zero attached hydrogens (tertiary/aromatic N) is 1. The van der Waals surface area contributed by atoms with Gasteiger partial charge in [0.2, 0.25) is 5.91 Å². The van der Waals surface area contributed by atoms with Crippen LogP contribution in [0.3, 0.4) is 0 Å². The summed E-state index contributed by atoms with van der Waals surface area (Å²) in [6.07, 6.45) is 0.653. The van der Waals surface area contributed by atoms with Gasteiger partial charge in [-0.15, -0.1) is 23.4 Å². The Morgan fingerprint density at radius 1 is 1.32 bits per heavy atom. The highest BCUT2D eigenvalue weighted by Crippen LogP contribution is 2.30. The summed E-state index contributed by atoms with van der Waals surface area (Å²) in [6.45, 7) is 4.86. The van der Waals surface area contributed by atoms with Crippen molar-refractivity contribution in [3.8, 4) is 0 Å². The number of carbonyl (C=O) groups is 1. The van der Waals surface area contributed by atoms with E-state index in [2.05, 4.69) is 17.1 Å². The van der Waals surface area contributed by atoms with Crippen molar-refractivity contribution in [2.24, 2.45) is 5.92 Å². The first kappa shape index (κ1) is 24.2. The minimum absolute atomic E-state index is 0.0640. The van der Waals surface area contributed by atoms with Crippen molar-refractivity contribution in [1.29, 1.82) is 0 Å². The molecule has 164 valence electrons. The van der Waals surface area contributed by atoms with E-state index in [1.165, 1.54) is 11.8 Å². The van der Waals surface area contributed by atoms with Crippen molar-refractivity contribution in [3.05, 3.63) is 0 Å². The van der Waals surface area contributed by atoms with Crippen LogP contribution in [0.1, 0.15) is 39.5 Å². The van der Waals surface area contributed by atoms with Crippen LogP contribution in [0.5, 0.6) is 0 Å². The van der Waals surface area contributed by atoms with Gasteiger partial charge in [0.05, 0.1) is 17.5 Å². The van der Waals surface area contributed by atoms with Crippen molar-refractivity contribution in [1.82, 2.24) is 10.2 Å². The van der Waals surface area contributed by atoms with Gasteiger partial charge in [-0.05, 0) is 45.4 Å². The zero-order valence-corrected chi connectivity index (χ0v) is 18.7. The summed E-state index contributed by atoms with van der Waals surface area (Å²) in [5.41, 5.74) is -0.638. The van der Waals surface area contributed by atoms with Crippen LogP contribution in [0.15, 0.2) is 0 Å². The molecule has 0 saturated carbocycles. The van der Waals surface area contributed by atoms with Crippen LogP contribution >= 0.6 is 23.4 Å². The first-order valence-corrected chi connectivity index (χ1v) is 11.8. The molecule has 2 aliphatic rings. The molecular weight excluding hydrogens is 404 g/mol. The number of ether oxygens (including phenoxy) is 1. The number of likely N-dealkylation sites (tertiary alicyclic amines) is 1. The molecule has 2 fully saturated rings. The van der Waals surface area contributed by atoms with Crippen LogP contribution in [0, 0.1) is 5.92 Å². The minimum Gasteiger partial charge on any atom is -0.388 e. The van der Waals surface area contributed by atoms with E-state index in [0.717, 1.165) is 25.8 Å². The lowest BCUT2D eigenvalue weighted by molar-refractivity contribution is -0.200. The van der Waals surface area contributed by atoms with Gasteiger partial charge in [-0.2, -0.15) is 0 Å². The maximum atomic E-state index is 12.9. The van der Waals surface area contributed by atoms with Crippen molar-refractivity contribution in [3.63, 3.8) is 0 Å². The summed E-state index contributed by atoms with van der Waals surface area (Å²) in [5, 5.41) is 33.1. The minimum atomic E-state index is -1.30. The Hall–Kier alpha value is -0.0900. The lowest BCUT2D eigenvalue weighted by Gasteiger charge is -2.41. The van der Waals surface area contributed by atoms with Crippen LogP contribution in [0.2, 0.25) is 0 Å². The van der Waals surface area contributed by atoms with Gasteiger partial charge in [0.25, 0.3) is 0 Å². The van der Waals surface area contributed by atoms with Gasteiger partial charge in [0, 0.05) is 12.6 Å². The molecule has 0 aromatic carbocycles. The van der Waals surface area contributed by atoms with Gasteiger partial charge in [0.15, 0.2) is 0 Å². The molecule has 0 aliphatic carbocycles. The highest BCUT2D eigenvalue weighted by molar-refractivity contribution is 7.99. The van der Waals surface area contributed by atoms with E-state index in [1.54, 1.807) is 13.2 Å². The van der Waals surface area contributed by atoms with Crippen LogP contribution in [-0.2, 0) is 9.53 Å². The SMILES string of the molecule is CCC[C@@H]1C[C@@H](C(=O)N[C@@H](C[C@H]2O[C@H](SC)[C@H](O)[C@@H](O)[C@H]2O)[C@@H](C)Cl)N(C)C1. The zero-order chi connectivity index (χ0) is 21.0. The Balaban J connectivity index is 2.00. The Kier molecular flexibility index (Phi) is 9.32. The van der Waals surface area contributed by atoms with E-state index in [1.807, 2.05) is 7.05 Å². The Labute approximate surface area is 177 Å². The molecule has 0 aromatic rings. The molecule has 28 heavy (non-hydrogen) atoms. The van der Waals surface area contributed by atoms with Gasteiger partial charge < -0.3 is 25.4 Å². The predicted octanol–water partition coefficient (Wildman–Crippen LogP) is 0.780. The maximum Gasteiger partial charge on any atom is 0.237 e. The summed E-state index contributed by atoms with van der Waals surface area (Å²) in [4.78, 5) is 15.0. The number of nitrogens with one attached hydrogen (secondary N) is 1. The monoisotopic (exact) mass is 438 g/mol. The van der Waals surface area contributed by atoms with Crippen molar-refractivity contribution in [2.45, 2.75) is 86.8 Å². The molecule has 2 heterocycles. The first-order valence-electron chi connectivity index (χ1n) is 10.1. The summed E-state index contributed by atoms with van der Waals surface area (Å²) < 4.78 is 5.77. The number of thioether (sulfide) groups is 1. The summed E-state index contributed by atoms with van der Waals surface area (Å²) in [5.74, 6) is 0.464. The van der Waals surface area contributed by atoms with E-state index in [9.17, 15) is 20.1 Å². The molecule has 9 atom stereocenters. The molecule has 0 spiro atoms. The van der Waals surface area contributed by atoms with Crippen LogP contribution < -0.4 is 5.32 Å². The third kappa shape index (κ3) is 5.74. The lowest BCUT2D eigenvalue weighted by atomic mass is 9.93. The van der Waals surface area contributed by atoms with Gasteiger partial charge in [-0.25, -0.2) is 0 Å². The topological polar surface area (TPSA) is 102 Å². The highest BCUT2D eigenvalue weighted by atomic mass is 35.5. The van der Waals surface area contributed by atoms with Gasteiger partial charge in [-0.3, -0.25) is 9.69 Å². The number of amides is 1. The average molecular weight is 439 g/mol. The number of aliphatic hydroxyl groups excluding tert-OH is 3. The standard InChI is InChI=1S/C19H35ClN2O5S/c1-5-6-11-7-13(22(3)9-11)18(26)21-12(10(2)20)8-14-15(23)16(24)17(25)19(27-14)28-4/h10-17,19,23-25H,5-9H2,1-4H3,(H,21,26)/t10-,11-,12+,13+,14-,15+,16+,17-,19-/m1/s1. The van der Waals surface area contributed by atoms with Crippen LogP contribution in [0.25, 0.3) is 0 Å². The number of rotatable bonds is 8. The smallest absolute Gasteiger partial charge is 0.237 e. The fraction of sp³-hybridized carbons (Fsp3) is 0.947. The predicted molar refractivity (Wildman–Crippen MR) is 111 cm³/mol. The zero-order valence-electron chi connectivity index (χ0n) is 17.1. The average Bonchev–Trinajstić information content (AvgIpc) is 3.01. The number of likely N-dealkylation sites (N-methyl/N-ethyl adjacent to an activating group) is 1. The van der Waals surface area contributed by atoms with Crippen molar-refractivity contribution >= 4 is 29.3 Å². The Morgan fingerprint density at radius 2 is 2.00 bits per heavy atom. The molecule has 0 aromatic heterocycles.